The van der Waals surface area contributed by atoms with E-state index in [0.717, 1.165) is 0 Å². The van der Waals surface area contributed by atoms with Crippen LogP contribution < -0.4 is 4.74 Å². The van der Waals surface area contributed by atoms with Crippen LogP contribution in [0, 0.1) is 18.3 Å². The maximum Gasteiger partial charge on any atom is 0.323 e. The lowest BCUT2D eigenvalue weighted by atomic mass is 10.3. The lowest BCUT2D eigenvalue weighted by molar-refractivity contribution is 0.440. The Morgan fingerprint density at radius 3 is 2.67 bits per heavy atom. The van der Waals surface area contributed by atoms with Gasteiger partial charge in [0, 0.05) is 10.7 Å². The summed E-state index contributed by atoms with van der Waals surface area (Å²) in [5.41, 5.74) is 0.879. The number of aromatic nitrogens is 2. The quantitative estimate of drug-likeness (QED) is 0.840. The Morgan fingerprint density at radius 1 is 1.22 bits per heavy atom. The van der Waals surface area contributed by atoms with Crippen molar-refractivity contribution in [2.75, 3.05) is 0 Å². The van der Waals surface area contributed by atoms with Gasteiger partial charge >= 0.3 is 6.01 Å². The monoisotopic (exact) mass is 279 g/mol. The van der Waals surface area contributed by atoms with E-state index in [1.165, 1.54) is 0 Å². The molecule has 18 heavy (non-hydrogen) atoms. The van der Waals surface area contributed by atoms with Gasteiger partial charge in [-0.2, -0.15) is 10.2 Å². The van der Waals surface area contributed by atoms with Gasteiger partial charge in [-0.25, -0.2) is 4.98 Å². The van der Waals surface area contributed by atoms with E-state index in [0.29, 0.717) is 21.5 Å². The van der Waals surface area contributed by atoms with Crippen LogP contribution in [0.15, 0.2) is 24.3 Å². The first-order valence-corrected chi connectivity index (χ1v) is 5.73. The first-order chi connectivity index (χ1) is 8.58. The molecular weight excluding hydrogens is 273 g/mol. The van der Waals surface area contributed by atoms with E-state index in [-0.39, 0.29) is 11.7 Å². The highest BCUT2D eigenvalue weighted by Gasteiger charge is 2.08. The summed E-state index contributed by atoms with van der Waals surface area (Å²) in [7, 11) is 0. The van der Waals surface area contributed by atoms with Crippen molar-refractivity contribution in [3.63, 3.8) is 0 Å². The van der Waals surface area contributed by atoms with Crippen LogP contribution in [0.5, 0.6) is 11.8 Å². The lowest BCUT2D eigenvalue weighted by Crippen LogP contribution is -1.96. The van der Waals surface area contributed by atoms with Crippen molar-refractivity contribution < 1.29 is 4.74 Å². The normalized spacial score (nSPS) is 9.89. The summed E-state index contributed by atoms with van der Waals surface area (Å²) >= 11 is 11.7. The molecule has 0 radical (unpaired) electrons. The average molecular weight is 280 g/mol. The van der Waals surface area contributed by atoms with Crippen molar-refractivity contribution in [1.82, 2.24) is 9.97 Å². The molecule has 0 N–H and O–H groups in total. The SMILES string of the molecule is Cc1cc(C#N)nc(Oc2ccc(Cl)cc2Cl)n1. The average Bonchev–Trinajstić information content (AvgIpc) is 2.32. The second-order valence-electron chi connectivity index (χ2n) is 3.47. The van der Waals surface area contributed by atoms with Crippen molar-refractivity contribution in [2.24, 2.45) is 0 Å². The molecule has 2 aromatic rings. The van der Waals surface area contributed by atoms with Crippen molar-refractivity contribution >= 4 is 23.2 Å². The highest BCUT2D eigenvalue weighted by Crippen LogP contribution is 2.30. The molecule has 0 fully saturated rings. The van der Waals surface area contributed by atoms with Gasteiger partial charge in [-0.05, 0) is 31.2 Å². The van der Waals surface area contributed by atoms with Crippen molar-refractivity contribution in [2.45, 2.75) is 6.92 Å². The van der Waals surface area contributed by atoms with Crippen LogP contribution in [0.1, 0.15) is 11.4 Å². The Balaban J connectivity index is 2.34. The van der Waals surface area contributed by atoms with Crippen LogP contribution in [0.25, 0.3) is 0 Å². The van der Waals surface area contributed by atoms with E-state index < -0.39 is 0 Å². The molecule has 0 aliphatic heterocycles. The van der Waals surface area contributed by atoms with E-state index in [2.05, 4.69) is 9.97 Å². The number of nitrogens with zero attached hydrogens (tertiary/aromatic N) is 3. The van der Waals surface area contributed by atoms with Crippen molar-refractivity contribution in [3.05, 3.63) is 45.7 Å². The second-order valence-corrected chi connectivity index (χ2v) is 4.31. The predicted octanol–water partition coefficient (Wildman–Crippen LogP) is 3.76. The van der Waals surface area contributed by atoms with E-state index >= 15 is 0 Å². The second kappa shape index (κ2) is 5.21. The van der Waals surface area contributed by atoms with Crippen LogP contribution in [-0.4, -0.2) is 9.97 Å². The number of halogens is 2. The highest BCUT2D eigenvalue weighted by molar-refractivity contribution is 6.35. The summed E-state index contributed by atoms with van der Waals surface area (Å²) < 4.78 is 5.42. The van der Waals surface area contributed by atoms with Gasteiger partial charge in [0.2, 0.25) is 0 Å². The van der Waals surface area contributed by atoms with Crippen molar-refractivity contribution in [3.8, 4) is 17.8 Å². The summed E-state index contributed by atoms with van der Waals surface area (Å²) in [6.07, 6.45) is 0. The predicted molar refractivity (Wildman–Crippen MR) is 68.0 cm³/mol. The van der Waals surface area contributed by atoms with Crippen LogP contribution in [-0.2, 0) is 0 Å². The third-order valence-corrected chi connectivity index (χ3v) is 2.57. The van der Waals surface area contributed by atoms with Crippen LogP contribution >= 0.6 is 23.2 Å². The molecular formula is C12H7Cl2N3O. The van der Waals surface area contributed by atoms with Gasteiger partial charge in [0.25, 0.3) is 0 Å². The number of nitriles is 1. The van der Waals surface area contributed by atoms with Gasteiger partial charge < -0.3 is 4.74 Å². The molecule has 1 aromatic heterocycles. The Labute approximate surface area is 114 Å². The molecule has 0 amide bonds. The van der Waals surface area contributed by atoms with E-state index in [1.54, 1.807) is 31.2 Å². The third-order valence-electron chi connectivity index (χ3n) is 2.04. The minimum absolute atomic E-state index is 0.0794. The molecule has 0 unspecified atom stereocenters. The number of rotatable bonds is 2. The fourth-order valence-corrected chi connectivity index (χ4v) is 1.75. The topological polar surface area (TPSA) is 58.8 Å². The number of hydrogen-bond acceptors (Lipinski definition) is 4. The van der Waals surface area contributed by atoms with E-state index in [4.69, 9.17) is 33.2 Å². The lowest BCUT2D eigenvalue weighted by Gasteiger charge is -2.06. The molecule has 0 saturated heterocycles. The minimum Gasteiger partial charge on any atom is -0.423 e. The zero-order valence-electron chi connectivity index (χ0n) is 9.32. The molecule has 1 aromatic carbocycles. The van der Waals surface area contributed by atoms with Crippen LogP contribution in [0.2, 0.25) is 10.0 Å². The standard InChI is InChI=1S/C12H7Cl2N3O/c1-7-4-9(6-15)17-12(16-7)18-11-3-2-8(13)5-10(11)14/h2-5H,1H3. The van der Waals surface area contributed by atoms with Gasteiger partial charge in [-0.1, -0.05) is 23.2 Å². The Morgan fingerprint density at radius 2 is 2.00 bits per heavy atom. The van der Waals surface area contributed by atoms with Gasteiger partial charge in [0.1, 0.15) is 17.5 Å². The summed E-state index contributed by atoms with van der Waals surface area (Å²) in [6, 6.07) is 8.39. The third kappa shape index (κ3) is 2.89. The summed E-state index contributed by atoms with van der Waals surface area (Å²) in [4.78, 5) is 7.99. The summed E-state index contributed by atoms with van der Waals surface area (Å²) in [6.45, 7) is 1.75. The Hall–Kier alpha value is -1.83. The smallest absolute Gasteiger partial charge is 0.323 e. The molecule has 0 atom stereocenters. The molecule has 0 spiro atoms. The highest BCUT2D eigenvalue weighted by atomic mass is 35.5. The van der Waals surface area contributed by atoms with Gasteiger partial charge in [0.05, 0.1) is 5.02 Å². The number of aryl methyl sites for hydroxylation is 1. The molecule has 0 bridgehead atoms. The van der Waals surface area contributed by atoms with Crippen LogP contribution in [0.3, 0.4) is 0 Å². The Kier molecular flexibility index (Phi) is 3.66. The first kappa shape index (κ1) is 12.6. The molecule has 2 rings (SSSR count). The molecule has 0 aliphatic rings. The Bertz CT molecular complexity index is 638. The molecule has 90 valence electrons. The zero-order chi connectivity index (χ0) is 13.1. The van der Waals surface area contributed by atoms with Crippen molar-refractivity contribution in [1.29, 1.82) is 5.26 Å². The maximum atomic E-state index is 8.80. The number of hydrogen-bond donors (Lipinski definition) is 0. The molecule has 1 heterocycles. The molecule has 6 heteroatoms. The number of ether oxygens (including phenoxy) is 1. The minimum atomic E-state index is 0.0794. The largest absolute Gasteiger partial charge is 0.423 e. The van der Waals surface area contributed by atoms with Gasteiger partial charge in [0.15, 0.2) is 0 Å². The first-order valence-electron chi connectivity index (χ1n) is 4.97. The summed E-state index contributed by atoms with van der Waals surface area (Å²) in [5.74, 6) is 0.385. The van der Waals surface area contributed by atoms with E-state index in [1.807, 2.05) is 6.07 Å². The molecule has 0 saturated carbocycles. The molecule has 4 nitrogen and oxygen atoms in total. The summed E-state index contributed by atoms with van der Waals surface area (Å²) in [5, 5.41) is 9.67. The number of benzene rings is 1. The maximum absolute atomic E-state index is 8.80. The van der Waals surface area contributed by atoms with Crippen LogP contribution in [0.4, 0.5) is 0 Å². The van der Waals surface area contributed by atoms with E-state index in [9.17, 15) is 0 Å². The molecule has 0 aliphatic carbocycles. The van der Waals surface area contributed by atoms with Gasteiger partial charge in [-0.15, -0.1) is 0 Å². The zero-order valence-corrected chi connectivity index (χ0v) is 10.8. The fraction of sp³-hybridized carbons (Fsp3) is 0.0833. The fourth-order valence-electron chi connectivity index (χ4n) is 1.30. The van der Waals surface area contributed by atoms with Gasteiger partial charge in [-0.3, -0.25) is 0 Å².